The number of aryl methyl sites for hydroxylation is 1. The van der Waals surface area contributed by atoms with Crippen LogP contribution in [0.1, 0.15) is 16.7 Å². The van der Waals surface area contributed by atoms with Crippen molar-refractivity contribution in [2.24, 2.45) is 0 Å². The number of nitrogens with one attached hydrogen (secondary N) is 1. The molecule has 116 valence electrons. The first-order chi connectivity index (χ1) is 10.6. The molecule has 0 heterocycles. The fourth-order valence-corrected chi connectivity index (χ4v) is 2.30. The Morgan fingerprint density at radius 2 is 1.82 bits per heavy atom. The van der Waals surface area contributed by atoms with Gasteiger partial charge in [-0.1, -0.05) is 24.3 Å². The molecule has 0 spiro atoms. The lowest BCUT2D eigenvalue weighted by Gasteiger charge is -2.08. The largest absolute Gasteiger partial charge is 0.496 e. The van der Waals surface area contributed by atoms with Crippen molar-refractivity contribution in [3.63, 3.8) is 0 Å². The highest BCUT2D eigenvalue weighted by Gasteiger charge is 2.05. The number of ether oxygens (including phenoxy) is 1. The number of rotatable bonds is 6. The van der Waals surface area contributed by atoms with Crippen molar-refractivity contribution in [2.45, 2.75) is 19.8 Å². The molecule has 3 nitrogen and oxygen atoms in total. The Balaban J connectivity index is 1.80. The summed E-state index contributed by atoms with van der Waals surface area (Å²) in [6.07, 6.45) is 1.03. The average Bonchev–Trinajstić information content (AvgIpc) is 2.49. The minimum atomic E-state index is -0.248. The van der Waals surface area contributed by atoms with Crippen LogP contribution in [0, 0.1) is 12.7 Å². The van der Waals surface area contributed by atoms with Gasteiger partial charge in [-0.2, -0.15) is 0 Å². The molecule has 0 aromatic heterocycles. The minimum absolute atomic E-state index is 0.0216. The lowest BCUT2D eigenvalue weighted by atomic mass is 10.1. The Hall–Kier alpha value is -2.36. The summed E-state index contributed by atoms with van der Waals surface area (Å²) in [5, 5.41) is 2.88. The first-order valence-corrected chi connectivity index (χ1v) is 7.23. The van der Waals surface area contributed by atoms with Gasteiger partial charge in [-0.3, -0.25) is 4.79 Å². The van der Waals surface area contributed by atoms with Gasteiger partial charge in [0, 0.05) is 6.54 Å². The van der Waals surface area contributed by atoms with Crippen molar-refractivity contribution in [3.05, 3.63) is 65.0 Å². The monoisotopic (exact) mass is 301 g/mol. The van der Waals surface area contributed by atoms with Crippen LogP contribution >= 0.6 is 0 Å². The second kappa shape index (κ2) is 7.59. The van der Waals surface area contributed by atoms with Crippen LogP contribution < -0.4 is 10.1 Å². The second-order valence-electron chi connectivity index (χ2n) is 5.21. The second-order valence-corrected chi connectivity index (χ2v) is 5.21. The van der Waals surface area contributed by atoms with Crippen LogP contribution in [0.3, 0.4) is 0 Å². The molecule has 0 radical (unpaired) electrons. The molecule has 0 unspecified atom stereocenters. The zero-order valence-corrected chi connectivity index (χ0v) is 12.9. The summed E-state index contributed by atoms with van der Waals surface area (Å²) in [6, 6.07) is 12.0. The molecule has 2 aromatic rings. The highest BCUT2D eigenvalue weighted by Crippen LogP contribution is 2.18. The first-order valence-electron chi connectivity index (χ1n) is 7.23. The lowest BCUT2D eigenvalue weighted by Crippen LogP contribution is -2.27. The van der Waals surface area contributed by atoms with E-state index in [0.29, 0.717) is 19.4 Å². The van der Waals surface area contributed by atoms with E-state index < -0.39 is 0 Å². The quantitative estimate of drug-likeness (QED) is 0.890. The van der Waals surface area contributed by atoms with E-state index in [1.807, 2.05) is 25.1 Å². The normalized spacial score (nSPS) is 10.3. The van der Waals surface area contributed by atoms with Gasteiger partial charge in [0.15, 0.2) is 0 Å². The highest BCUT2D eigenvalue weighted by atomic mass is 19.1. The Labute approximate surface area is 130 Å². The molecular weight excluding hydrogens is 281 g/mol. The van der Waals surface area contributed by atoms with E-state index in [2.05, 4.69) is 5.32 Å². The van der Waals surface area contributed by atoms with E-state index in [-0.39, 0.29) is 11.7 Å². The van der Waals surface area contributed by atoms with Crippen molar-refractivity contribution in [3.8, 4) is 5.75 Å². The van der Waals surface area contributed by atoms with Gasteiger partial charge in [0.1, 0.15) is 11.6 Å². The van der Waals surface area contributed by atoms with Crippen molar-refractivity contribution in [1.82, 2.24) is 5.32 Å². The summed E-state index contributed by atoms with van der Waals surface area (Å²) < 4.78 is 18.0. The number of hydrogen-bond donors (Lipinski definition) is 1. The van der Waals surface area contributed by atoms with E-state index >= 15 is 0 Å². The van der Waals surface area contributed by atoms with Crippen LogP contribution in [-0.4, -0.2) is 19.6 Å². The van der Waals surface area contributed by atoms with Crippen molar-refractivity contribution in [1.29, 1.82) is 0 Å². The predicted octanol–water partition coefficient (Wildman–Crippen LogP) is 3.04. The third-order valence-electron chi connectivity index (χ3n) is 3.47. The van der Waals surface area contributed by atoms with Crippen LogP contribution in [0.5, 0.6) is 5.75 Å². The lowest BCUT2D eigenvalue weighted by molar-refractivity contribution is -0.120. The zero-order valence-electron chi connectivity index (χ0n) is 12.9. The number of carbonyl (C=O) groups excluding carboxylic acids is 1. The molecule has 0 atom stereocenters. The van der Waals surface area contributed by atoms with Crippen LogP contribution in [0.2, 0.25) is 0 Å². The maximum Gasteiger partial charge on any atom is 0.224 e. The summed E-state index contributed by atoms with van der Waals surface area (Å²) >= 11 is 0. The summed E-state index contributed by atoms with van der Waals surface area (Å²) in [5.74, 6) is 0.551. The Morgan fingerprint density at radius 1 is 1.14 bits per heavy atom. The molecule has 1 amide bonds. The molecule has 0 bridgehead atoms. The fourth-order valence-electron chi connectivity index (χ4n) is 2.30. The topological polar surface area (TPSA) is 38.3 Å². The van der Waals surface area contributed by atoms with E-state index in [1.54, 1.807) is 19.2 Å². The van der Waals surface area contributed by atoms with Gasteiger partial charge in [-0.05, 0) is 48.2 Å². The summed E-state index contributed by atoms with van der Waals surface area (Å²) in [6.45, 7) is 2.49. The van der Waals surface area contributed by atoms with Gasteiger partial charge in [-0.15, -0.1) is 0 Å². The van der Waals surface area contributed by atoms with Gasteiger partial charge in [-0.25, -0.2) is 4.39 Å². The van der Waals surface area contributed by atoms with Gasteiger partial charge in [0.2, 0.25) is 5.91 Å². The van der Waals surface area contributed by atoms with E-state index in [4.69, 9.17) is 4.74 Å². The SMILES string of the molecule is COc1ccc(CC(=O)NCCc2ccc(F)cc2)cc1C. The third kappa shape index (κ3) is 4.58. The Kier molecular flexibility index (Phi) is 5.53. The first kappa shape index (κ1) is 16.0. The molecular formula is C18H20FNO2. The summed E-state index contributed by atoms with van der Waals surface area (Å²) in [4.78, 5) is 11.9. The Bertz CT molecular complexity index is 638. The van der Waals surface area contributed by atoms with Crippen LogP contribution in [-0.2, 0) is 17.6 Å². The number of carbonyl (C=O) groups is 1. The maximum absolute atomic E-state index is 12.8. The number of methoxy groups -OCH3 is 1. The molecule has 0 aliphatic carbocycles. The number of benzene rings is 2. The van der Waals surface area contributed by atoms with Crippen LogP contribution in [0.4, 0.5) is 4.39 Å². The van der Waals surface area contributed by atoms with E-state index in [9.17, 15) is 9.18 Å². The Morgan fingerprint density at radius 3 is 2.45 bits per heavy atom. The zero-order chi connectivity index (χ0) is 15.9. The molecule has 0 saturated heterocycles. The van der Waals surface area contributed by atoms with Gasteiger partial charge < -0.3 is 10.1 Å². The predicted molar refractivity (Wildman–Crippen MR) is 84.5 cm³/mol. The molecule has 0 aliphatic heterocycles. The molecule has 0 saturated carbocycles. The molecule has 2 aromatic carbocycles. The highest BCUT2D eigenvalue weighted by molar-refractivity contribution is 5.78. The molecule has 0 aliphatic rings. The van der Waals surface area contributed by atoms with Crippen molar-refractivity contribution < 1.29 is 13.9 Å². The molecule has 2 rings (SSSR count). The van der Waals surface area contributed by atoms with E-state index in [1.165, 1.54) is 12.1 Å². The fraction of sp³-hybridized carbons (Fsp3) is 0.278. The molecule has 4 heteroatoms. The van der Waals surface area contributed by atoms with Gasteiger partial charge in [0.05, 0.1) is 13.5 Å². The minimum Gasteiger partial charge on any atom is -0.496 e. The summed E-state index contributed by atoms with van der Waals surface area (Å²) in [5.41, 5.74) is 2.97. The number of halogens is 1. The molecule has 0 fully saturated rings. The molecule has 22 heavy (non-hydrogen) atoms. The third-order valence-corrected chi connectivity index (χ3v) is 3.47. The number of hydrogen-bond acceptors (Lipinski definition) is 2. The van der Waals surface area contributed by atoms with Crippen molar-refractivity contribution >= 4 is 5.91 Å². The average molecular weight is 301 g/mol. The van der Waals surface area contributed by atoms with Crippen LogP contribution in [0.15, 0.2) is 42.5 Å². The van der Waals surface area contributed by atoms with Crippen LogP contribution in [0.25, 0.3) is 0 Å². The number of amides is 1. The standard InChI is InChI=1S/C18H20FNO2/c1-13-11-15(5-8-17(13)22-2)12-18(21)20-10-9-14-3-6-16(19)7-4-14/h3-8,11H,9-10,12H2,1-2H3,(H,20,21). The summed E-state index contributed by atoms with van der Waals surface area (Å²) in [7, 11) is 1.63. The smallest absolute Gasteiger partial charge is 0.224 e. The maximum atomic E-state index is 12.8. The molecule has 1 N–H and O–H groups in total. The van der Waals surface area contributed by atoms with Gasteiger partial charge >= 0.3 is 0 Å². The van der Waals surface area contributed by atoms with Crippen molar-refractivity contribution in [2.75, 3.05) is 13.7 Å². The van der Waals surface area contributed by atoms with Gasteiger partial charge in [0.25, 0.3) is 0 Å². The van der Waals surface area contributed by atoms with E-state index in [0.717, 1.165) is 22.4 Å².